The Balaban J connectivity index is 1.52. The number of nitrogens with zero attached hydrogens (tertiary/aromatic N) is 1. The molecule has 1 fully saturated rings. The Kier molecular flexibility index (Phi) is 3.40. The van der Waals surface area contributed by atoms with E-state index in [1.54, 1.807) is 0 Å². The van der Waals surface area contributed by atoms with Crippen LogP contribution >= 0.6 is 0 Å². The summed E-state index contributed by atoms with van der Waals surface area (Å²) >= 11 is 0. The second-order valence-corrected chi connectivity index (χ2v) is 5.59. The second kappa shape index (κ2) is 5.19. The first kappa shape index (κ1) is 12.5. The number of aromatic nitrogens is 1. The average Bonchev–Trinajstić information content (AvgIpc) is 3.09. The highest BCUT2D eigenvalue weighted by molar-refractivity contribution is 5.98. The quantitative estimate of drug-likeness (QED) is 0.881. The van der Waals surface area contributed by atoms with E-state index in [0.717, 1.165) is 44.2 Å². The summed E-state index contributed by atoms with van der Waals surface area (Å²) in [6.07, 6.45) is 8.32. The molecule has 0 bridgehead atoms. The first-order chi connectivity index (χ1) is 9.24. The average molecular weight is 260 g/mol. The van der Waals surface area contributed by atoms with E-state index in [-0.39, 0.29) is 11.7 Å². The smallest absolute Gasteiger partial charge is 0.220 e. The summed E-state index contributed by atoms with van der Waals surface area (Å²) in [5, 5.41) is 3.00. The van der Waals surface area contributed by atoms with Crippen molar-refractivity contribution < 1.29 is 9.59 Å². The molecule has 1 aromatic heterocycles. The molecule has 0 saturated heterocycles. The maximum absolute atomic E-state index is 11.7. The van der Waals surface area contributed by atoms with Crippen LogP contribution in [0.25, 0.3) is 0 Å². The SMILES string of the molecule is O=C(CCCn1ccc2c1CCCC2=O)NC1CC1. The van der Waals surface area contributed by atoms with Gasteiger partial charge in [-0.2, -0.15) is 0 Å². The number of amides is 1. The van der Waals surface area contributed by atoms with E-state index >= 15 is 0 Å². The van der Waals surface area contributed by atoms with Gasteiger partial charge >= 0.3 is 0 Å². The van der Waals surface area contributed by atoms with Crippen molar-refractivity contribution in [3.8, 4) is 0 Å². The van der Waals surface area contributed by atoms with Crippen LogP contribution in [-0.2, 0) is 17.8 Å². The van der Waals surface area contributed by atoms with Gasteiger partial charge in [0.15, 0.2) is 5.78 Å². The summed E-state index contributed by atoms with van der Waals surface area (Å²) in [6, 6.07) is 2.38. The minimum absolute atomic E-state index is 0.166. The molecule has 2 aliphatic carbocycles. The Labute approximate surface area is 113 Å². The number of hydrogen-bond acceptors (Lipinski definition) is 2. The van der Waals surface area contributed by atoms with E-state index in [2.05, 4.69) is 9.88 Å². The van der Waals surface area contributed by atoms with Gasteiger partial charge in [0.25, 0.3) is 0 Å². The van der Waals surface area contributed by atoms with Crippen LogP contribution in [0.1, 0.15) is 54.6 Å². The zero-order valence-electron chi connectivity index (χ0n) is 11.2. The lowest BCUT2D eigenvalue weighted by Crippen LogP contribution is -2.25. The van der Waals surface area contributed by atoms with E-state index in [4.69, 9.17) is 0 Å². The first-order valence-electron chi connectivity index (χ1n) is 7.24. The third-order valence-electron chi connectivity index (χ3n) is 3.94. The molecular weight excluding hydrogens is 240 g/mol. The van der Waals surface area contributed by atoms with Crippen molar-refractivity contribution in [1.82, 2.24) is 9.88 Å². The van der Waals surface area contributed by atoms with Crippen molar-refractivity contribution in [2.24, 2.45) is 0 Å². The van der Waals surface area contributed by atoms with Gasteiger partial charge in [-0.05, 0) is 38.2 Å². The highest BCUT2D eigenvalue weighted by Crippen LogP contribution is 2.23. The Morgan fingerprint density at radius 2 is 2.21 bits per heavy atom. The number of aryl methyl sites for hydroxylation is 1. The topological polar surface area (TPSA) is 51.1 Å². The zero-order valence-corrected chi connectivity index (χ0v) is 11.2. The highest BCUT2D eigenvalue weighted by Gasteiger charge is 2.23. The van der Waals surface area contributed by atoms with Crippen molar-refractivity contribution >= 4 is 11.7 Å². The minimum Gasteiger partial charge on any atom is -0.353 e. The van der Waals surface area contributed by atoms with E-state index in [0.29, 0.717) is 18.9 Å². The molecule has 0 aromatic carbocycles. The van der Waals surface area contributed by atoms with Gasteiger partial charge in [0, 0.05) is 42.9 Å². The van der Waals surface area contributed by atoms with Crippen LogP contribution in [0.5, 0.6) is 0 Å². The predicted molar refractivity (Wildman–Crippen MR) is 72.1 cm³/mol. The van der Waals surface area contributed by atoms with E-state index < -0.39 is 0 Å². The molecule has 0 aliphatic heterocycles. The van der Waals surface area contributed by atoms with Crippen molar-refractivity contribution in [3.63, 3.8) is 0 Å². The molecule has 0 spiro atoms. The maximum atomic E-state index is 11.7. The summed E-state index contributed by atoms with van der Waals surface area (Å²) in [4.78, 5) is 23.3. The normalized spacial score (nSPS) is 18.2. The number of fused-ring (bicyclic) bond motifs is 1. The summed E-state index contributed by atoms with van der Waals surface area (Å²) < 4.78 is 2.15. The van der Waals surface area contributed by atoms with Gasteiger partial charge in [0.2, 0.25) is 5.91 Å². The number of hydrogen-bond donors (Lipinski definition) is 1. The summed E-state index contributed by atoms with van der Waals surface area (Å²) in [5.41, 5.74) is 2.06. The molecule has 0 atom stereocenters. The van der Waals surface area contributed by atoms with Crippen LogP contribution in [0.2, 0.25) is 0 Å². The van der Waals surface area contributed by atoms with Crippen LogP contribution in [0, 0.1) is 0 Å². The zero-order chi connectivity index (χ0) is 13.2. The van der Waals surface area contributed by atoms with Crippen LogP contribution in [0.4, 0.5) is 0 Å². The standard InChI is InChI=1S/C15H20N2O2/c18-14-4-1-3-13-12(14)8-10-17(13)9-2-5-15(19)16-11-6-7-11/h8,10-11H,1-7,9H2,(H,16,19). The minimum atomic E-state index is 0.166. The van der Waals surface area contributed by atoms with Gasteiger partial charge in [-0.1, -0.05) is 0 Å². The third kappa shape index (κ3) is 2.88. The maximum Gasteiger partial charge on any atom is 0.220 e. The van der Waals surface area contributed by atoms with Gasteiger partial charge in [-0.15, -0.1) is 0 Å². The largest absolute Gasteiger partial charge is 0.353 e. The van der Waals surface area contributed by atoms with E-state index in [1.807, 2.05) is 12.3 Å². The molecule has 4 heteroatoms. The summed E-state index contributed by atoms with van der Waals surface area (Å²) in [7, 11) is 0. The molecule has 19 heavy (non-hydrogen) atoms. The number of ketones is 1. The lowest BCUT2D eigenvalue weighted by atomic mass is 9.97. The second-order valence-electron chi connectivity index (χ2n) is 5.59. The molecule has 3 rings (SSSR count). The lowest BCUT2D eigenvalue weighted by Gasteiger charge is -2.14. The van der Waals surface area contributed by atoms with Gasteiger partial charge in [0.05, 0.1) is 0 Å². The fraction of sp³-hybridized carbons (Fsp3) is 0.600. The van der Waals surface area contributed by atoms with Crippen molar-refractivity contribution in [2.75, 3.05) is 0 Å². The van der Waals surface area contributed by atoms with Crippen LogP contribution in [-0.4, -0.2) is 22.3 Å². The highest BCUT2D eigenvalue weighted by atomic mass is 16.1. The molecular formula is C15H20N2O2. The number of rotatable bonds is 5. The molecule has 0 unspecified atom stereocenters. The number of carbonyl (C=O) groups is 2. The Hall–Kier alpha value is -1.58. The molecule has 1 heterocycles. The van der Waals surface area contributed by atoms with Crippen LogP contribution < -0.4 is 5.32 Å². The van der Waals surface area contributed by atoms with Gasteiger partial charge < -0.3 is 9.88 Å². The summed E-state index contributed by atoms with van der Waals surface area (Å²) in [5.74, 6) is 0.436. The third-order valence-corrected chi connectivity index (χ3v) is 3.94. The van der Waals surface area contributed by atoms with Crippen molar-refractivity contribution in [3.05, 3.63) is 23.5 Å². The van der Waals surface area contributed by atoms with Crippen molar-refractivity contribution in [2.45, 2.75) is 57.5 Å². The molecule has 1 saturated carbocycles. The van der Waals surface area contributed by atoms with Gasteiger partial charge in [-0.25, -0.2) is 0 Å². The van der Waals surface area contributed by atoms with Crippen molar-refractivity contribution in [1.29, 1.82) is 0 Å². The molecule has 102 valence electrons. The lowest BCUT2D eigenvalue weighted by molar-refractivity contribution is -0.121. The van der Waals surface area contributed by atoms with Gasteiger partial charge in [-0.3, -0.25) is 9.59 Å². The predicted octanol–water partition coefficient (Wildman–Crippen LogP) is 2.07. The van der Waals surface area contributed by atoms with Crippen LogP contribution in [0.3, 0.4) is 0 Å². The Morgan fingerprint density at radius 3 is 3.00 bits per heavy atom. The summed E-state index contributed by atoms with van der Waals surface area (Å²) in [6.45, 7) is 0.834. The molecule has 1 aromatic rings. The Morgan fingerprint density at radius 1 is 1.37 bits per heavy atom. The number of carbonyl (C=O) groups excluding carboxylic acids is 2. The van der Waals surface area contributed by atoms with Crippen LogP contribution in [0.15, 0.2) is 12.3 Å². The molecule has 2 aliphatic rings. The first-order valence-corrected chi connectivity index (χ1v) is 7.24. The monoisotopic (exact) mass is 260 g/mol. The molecule has 1 N–H and O–H groups in total. The number of nitrogens with one attached hydrogen (secondary N) is 1. The molecule has 4 nitrogen and oxygen atoms in total. The fourth-order valence-corrected chi connectivity index (χ4v) is 2.74. The number of Topliss-reactive ketones (excluding diaryl/α,β-unsaturated/α-hetero) is 1. The molecule has 1 amide bonds. The van der Waals surface area contributed by atoms with Gasteiger partial charge in [0.1, 0.15) is 0 Å². The fourth-order valence-electron chi connectivity index (χ4n) is 2.74. The van der Waals surface area contributed by atoms with E-state index in [1.165, 1.54) is 5.69 Å². The van der Waals surface area contributed by atoms with E-state index in [9.17, 15) is 9.59 Å². The molecule has 0 radical (unpaired) electrons. The Bertz CT molecular complexity index is 500.